The van der Waals surface area contributed by atoms with Crippen LogP contribution in [0.2, 0.25) is 5.02 Å². The molecule has 0 radical (unpaired) electrons. The van der Waals surface area contributed by atoms with E-state index in [1.807, 2.05) is 47.4 Å². The molecule has 0 spiro atoms. The summed E-state index contributed by atoms with van der Waals surface area (Å²) in [5, 5.41) is 4.97. The van der Waals surface area contributed by atoms with Gasteiger partial charge in [0.05, 0.1) is 22.8 Å². The third-order valence-electron chi connectivity index (χ3n) is 4.48. The van der Waals surface area contributed by atoms with E-state index in [1.165, 1.54) is 12.8 Å². The van der Waals surface area contributed by atoms with Crippen molar-refractivity contribution in [3.63, 3.8) is 0 Å². The Labute approximate surface area is 145 Å². The van der Waals surface area contributed by atoms with Crippen molar-refractivity contribution in [2.24, 2.45) is 0 Å². The predicted molar refractivity (Wildman–Crippen MR) is 92.6 cm³/mol. The summed E-state index contributed by atoms with van der Waals surface area (Å²) in [4.78, 5) is 7.08. The van der Waals surface area contributed by atoms with Crippen LogP contribution in [0.3, 0.4) is 0 Å². The second kappa shape index (κ2) is 6.79. The Morgan fingerprint density at radius 1 is 1.25 bits per heavy atom. The molecule has 0 saturated carbocycles. The van der Waals surface area contributed by atoms with Gasteiger partial charge in [-0.25, -0.2) is 4.98 Å². The highest BCUT2D eigenvalue weighted by atomic mass is 35.5. The van der Waals surface area contributed by atoms with Gasteiger partial charge in [0.25, 0.3) is 0 Å². The molecule has 1 aliphatic heterocycles. The molecule has 2 aromatic heterocycles. The van der Waals surface area contributed by atoms with E-state index in [1.54, 1.807) is 6.26 Å². The van der Waals surface area contributed by atoms with Crippen LogP contribution in [0.25, 0.3) is 11.5 Å². The Morgan fingerprint density at radius 2 is 2.17 bits per heavy atom. The van der Waals surface area contributed by atoms with E-state index in [0.29, 0.717) is 17.0 Å². The molecule has 0 bridgehead atoms. The molecule has 24 heavy (non-hydrogen) atoms. The van der Waals surface area contributed by atoms with Crippen molar-refractivity contribution in [3.8, 4) is 11.5 Å². The van der Waals surface area contributed by atoms with Gasteiger partial charge in [-0.3, -0.25) is 9.58 Å². The molecule has 4 rings (SSSR count). The third kappa shape index (κ3) is 3.23. The van der Waals surface area contributed by atoms with Crippen LogP contribution in [-0.4, -0.2) is 32.3 Å². The minimum atomic E-state index is 0.491. The van der Waals surface area contributed by atoms with Crippen LogP contribution in [0.1, 0.15) is 18.5 Å². The zero-order valence-corrected chi connectivity index (χ0v) is 14.1. The number of aromatic nitrogens is 3. The van der Waals surface area contributed by atoms with E-state index in [9.17, 15) is 0 Å². The van der Waals surface area contributed by atoms with Crippen LogP contribution in [0.4, 0.5) is 0 Å². The second-order valence-corrected chi connectivity index (χ2v) is 6.53. The fourth-order valence-electron chi connectivity index (χ4n) is 3.28. The van der Waals surface area contributed by atoms with Crippen molar-refractivity contribution in [1.29, 1.82) is 0 Å². The molecule has 1 aliphatic rings. The van der Waals surface area contributed by atoms with Gasteiger partial charge in [-0.15, -0.1) is 0 Å². The molecule has 3 aromatic rings. The second-order valence-electron chi connectivity index (χ2n) is 6.12. The molecule has 0 amide bonds. The van der Waals surface area contributed by atoms with E-state index in [-0.39, 0.29) is 0 Å². The van der Waals surface area contributed by atoms with Crippen LogP contribution in [0, 0.1) is 0 Å². The minimum Gasteiger partial charge on any atom is -0.444 e. The summed E-state index contributed by atoms with van der Waals surface area (Å²) < 4.78 is 7.64. The van der Waals surface area contributed by atoms with Crippen LogP contribution in [0.5, 0.6) is 0 Å². The highest BCUT2D eigenvalue weighted by molar-refractivity contribution is 6.33. The molecule has 5 nitrogen and oxygen atoms in total. The summed E-state index contributed by atoms with van der Waals surface area (Å²) in [6.45, 7) is 2.79. The number of likely N-dealkylation sites (tertiary alicyclic amines) is 1. The quantitative estimate of drug-likeness (QED) is 0.706. The smallest absolute Gasteiger partial charge is 0.227 e. The number of oxazole rings is 1. The van der Waals surface area contributed by atoms with E-state index < -0.39 is 0 Å². The maximum atomic E-state index is 6.22. The molecular weight excluding hydrogens is 324 g/mol. The van der Waals surface area contributed by atoms with E-state index in [2.05, 4.69) is 15.0 Å². The lowest BCUT2D eigenvalue weighted by molar-refractivity contribution is 0.217. The Hall–Kier alpha value is -2.11. The first kappa shape index (κ1) is 15.4. The Morgan fingerprint density at radius 3 is 3.00 bits per heavy atom. The summed E-state index contributed by atoms with van der Waals surface area (Å²) in [6, 6.07) is 10.1. The summed E-state index contributed by atoms with van der Waals surface area (Å²) in [7, 11) is 0. The maximum absolute atomic E-state index is 6.22. The van der Waals surface area contributed by atoms with Crippen LogP contribution in [0.15, 0.2) is 53.4 Å². The van der Waals surface area contributed by atoms with Crippen LogP contribution in [-0.2, 0) is 13.1 Å². The maximum Gasteiger partial charge on any atom is 0.227 e. The first-order chi connectivity index (χ1) is 11.8. The van der Waals surface area contributed by atoms with Gasteiger partial charge in [-0.1, -0.05) is 23.7 Å². The molecule has 1 fully saturated rings. The van der Waals surface area contributed by atoms with Crippen molar-refractivity contribution in [2.75, 3.05) is 6.54 Å². The lowest BCUT2D eigenvalue weighted by atomic mass is 10.2. The van der Waals surface area contributed by atoms with Crippen molar-refractivity contribution >= 4 is 11.6 Å². The largest absolute Gasteiger partial charge is 0.444 e. The van der Waals surface area contributed by atoms with Crippen molar-refractivity contribution in [1.82, 2.24) is 19.7 Å². The highest BCUT2D eigenvalue weighted by Crippen LogP contribution is 2.28. The number of benzene rings is 1. The number of hydrogen-bond donors (Lipinski definition) is 0. The number of halogens is 1. The summed E-state index contributed by atoms with van der Waals surface area (Å²) in [6.07, 6.45) is 7.98. The van der Waals surface area contributed by atoms with Crippen molar-refractivity contribution in [3.05, 3.63) is 59.7 Å². The highest BCUT2D eigenvalue weighted by Gasteiger charge is 2.26. The van der Waals surface area contributed by atoms with Gasteiger partial charge < -0.3 is 4.42 Å². The minimum absolute atomic E-state index is 0.491. The SMILES string of the molecule is Clc1ccccc1-c1nc(CN2CCC[C@H]2Cn2cccn2)co1. The zero-order chi connectivity index (χ0) is 16.4. The van der Waals surface area contributed by atoms with Gasteiger partial charge >= 0.3 is 0 Å². The first-order valence-electron chi connectivity index (χ1n) is 8.20. The van der Waals surface area contributed by atoms with Gasteiger partial charge in [-0.05, 0) is 37.6 Å². The van der Waals surface area contributed by atoms with Gasteiger partial charge in [-0.2, -0.15) is 5.10 Å². The summed E-state index contributed by atoms with van der Waals surface area (Å²) >= 11 is 6.22. The number of rotatable bonds is 5. The normalized spacial score (nSPS) is 18.3. The topological polar surface area (TPSA) is 47.1 Å². The van der Waals surface area contributed by atoms with Gasteiger partial charge in [0.1, 0.15) is 6.26 Å². The predicted octanol–water partition coefficient (Wildman–Crippen LogP) is 3.86. The van der Waals surface area contributed by atoms with Gasteiger partial charge in [0, 0.05) is 25.0 Å². The average molecular weight is 343 g/mol. The zero-order valence-electron chi connectivity index (χ0n) is 13.3. The molecule has 1 saturated heterocycles. The van der Waals surface area contributed by atoms with Gasteiger partial charge in [0.2, 0.25) is 5.89 Å². The average Bonchev–Trinajstić information content (AvgIpc) is 3.32. The van der Waals surface area contributed by atoms with Crippen molar-refractivity contribution in [2.45, 2.75) is 32.0 Å². The van der Waals surface area contributed by atoms with Gasteiger partial charge in [0.15, 0.2) is 0 Å². The Balaban J connectivity index is 1.46. The lowest BCUT2D eigenvalue weighted by Gasteiger charge is -2.23. The fraction of sp³-hybridized carbons (Fsp3) is 0.333. The third-order valence-corrected chi connectivity index (χ3v) is 4.81. The summed E-state index contributed by atoms with van der Waals surface area (Å²) in [5.74, 6) is 0.582. The number of hydrogen-bond acceptors (Lipinski definition) is 4. The molecule has 3 heterocycles. The molecule has 0 aliphatic carbocycles. The molecule has 0 unspecified atom stereocenters. The molecule has 1 atom stereocenters. The Bertz CT molecular complexity index is 799. The molecule has 0 N–H and O–H groups in total. The first-order valence-corrected chi connectivity index (χ1v) is 8.58. The van der Waals surface area contributed by atoms with E-state index in [4.69, 9.17) is 16.0 Å². The standard InChI is InChI=1S/C18H19ClN4O/c19-17-7-2-1-6-16(17)18-21-14(13-24-18)11-22-9-3-5-15(22)12-23-10-4-8-20-23/h1-2,4,6-8,10,13,15H,3,5,9,11-12H2/t15-/m0/s1. The van der Waals surface area contributed by atoms with Crippen LogP contribution >= 0.6 is 11.6 Å². The van der Waals surface area contributed by atoms with E-state index in [0.717, 1.165) is 30.9 Å². The van der Waals surface area contributed by atoms with Crippen LogP contribution < -0.4 is 0 Å². The molecular formula is C18H19ClN4O. The fourth-order valence-corrected chi connectivity index (χ4v) is 3.50. The summed E-state index contributed by atoms with van der Waals surface area (Å²) in [5.41, 5.74) is 1.78. The lowest BCUT2D eigenvalue weighted by Crippen LogP contribution is -2.32. The monoisotopic (exact) mass is 342 g/mol. The Kier molecular flexibility index (Phi) is 4.36. The van der Waals surface area contributed by atoms with Crippen molar-refractivity contribution < 1.29 is 4.42 Å². The molecule has 1 aromatic carbocycles. The number of nitrogens with zero attached hydrogens (tertiary/aromatic N) is 4. The van der Waals surface area contributed by atoms with E-state index >= 15 is 0 Å². The molecule has 124 valence electrons. The molecule has 6 heteroatoms.